The summed E-state index contributed by atoms with van der Waals surface area (Å²) < 4.78 is 21.8. The Morgan fingerprint density at radius 1 is 1.27 bits per heavy atom. The van der Waals surface area contributed by atoms with Gasteiger partial charge in [0.25, 0.3) is 0 Å². The lowest BCUT2D eigenvalue weighted by atomic mass is 9.76. The van der Waals surface area contributed by atoms with Gasteiger partial charge >= 0.3 is 0 Å². The summed E-state index contributed by atoms with van der Waals surface area (Å²) in [6, 6.07) is 0. The standard InChI is InChI=1S/C7H11ClO2S/c8-11(9,10)7-4-5-2-1-3-6(5)7/h5-7H,1-4H2/t5-,6-,7?/m0/s1. The van der Waals surface area contributed by atoms with Crippen molar-refractivity contribution < 1.29 is 8.42 Å². The molecule has 0 N–H and O–H groups in total. The van der Waals surface area contributed by atoms with Crippen molar-refractivity contribution >= 4 is 19.7 Å². The maximum atomic E-state index is 10.9. The molecule has 64 valence electrons. The van der Waals surface area contributed by atoms with Crippen LogP contribution < -0.4 is 0 Å². The highest BCUT2D eigenvalue weighted by Gasteiger charge is 2.49. The van der Waals surface area contributed by atoms with Gasteiger partial charge in [0.1, 0.15) is 0 Å². The molecule has 0 heterocycles. The van der Waals surface area contributed by atoms with Gasteiger partial charge < -0.3 is 0 Å². The molecule has 0 spiro atoms. The molecule has 0 aromatic rings. The fourth-order valence-electron chi connectivity index (χ4n) is 2.45. The fourth-order valence-corrected chi connectivity index (χ4v) is 4.32. The van der Waals surface area contributed by atoms with Gasteiger partial charge in [0.2, 0.25) is 9.05 Å². The zero-order valence-electron chi connectivity index (χ0n) is 6.16. The molecule has 0 saturated heterocycles. The summed E-state index contributed by atoms with van der Waals surface area (Å²) in [5.74, 6) is 1.08. The average Bonchev–Trinajstić information content (AvgIpc) is 2.08. The minimum absolute atomic E-state index is 0.211. The van der Waals surface area contributed by atoms with E-state index >= 15 is 0 Å². The topological polar surface area (TPSA) is 34.1 Å². The van der Waals surface area contributed by atoms with Crippen LogP contribution >= 0.6 is 10.7 Å². The highest BCUT2D eigenvalue weighted by molar-refractivity contribution is 8.14. The third kappa shape index (κ3) is 1.18. The molecule has 2 nitrogen and oxygen atoms in total. The summed E-state index contributed by atoms with van der Waals surface area (Å²) in [6.45, 7) is 0. The monoisotopic (exact) mass is 194 g/mol. The van der Waals surface area contributed by atoms with E-state index in [9.17, 15) is 8.42 Å². The smallest absolute Gasteiger partial charge is 0.212 e. The van der Waals surface area contributed by atoms with Gasteiger partial charge in [0.05, 0.1) is 5.25 Å². The first-order valence-corrected chi connectivity index (χ1v) is 6.40. The molecule has 11 heavy (non-hydrogen) atoms. The molecule has 2 fully saturated rings. The number of rotatable bonds is 1. The molecule has 3 atom stereocenters. The van der Waals surface area contributed by atoms with Gasteiger partial charge in [-0.25, -0.2) is 8.42 Å². The molecule has 2 saturated carbocycles. The molecule has 2 aliphatic carbocycles. The van der Waals surface area contributed by atoms with Gasteiger partial charge in [-0.05, 0) is 24.7 Å². The Morgan fingerprint density at radius 2 is 2.00 bits per heavy atom. The van der Waals surface area contributed by atoms with Crippen LogP contribution in [0.4, 0.5) is 0 Å². The van der Waals surface area contributed by atoms with E-state index in [-0.39, 0.29) is 5.25 Å². The second-order valence-corrected chi connectivity index (χ2v) is 6.45. The number of hydrogen-bond acceptors (Lipinski definition) is 2. The van der Waals surface area contributed by atoms with E-state index in [1.54, 1.807) is 0 Å². The van der Waals surface area contributed by atoms with Crippen molar-refractivity contribution in [3.8, 4) is 0 Å². The Balaban J connectivity index is 2.12. The van der Waals surface area contributed by atoms with Crippen LogP contribution in [-0.4, -0.2) is 13.7 Å². The van der Waals surface area contributed by atoms with Crippen LogP contribution in [-0.2, 0) is 9.05 Å². The van der Waals surface area contributed by atoms with E-state index in [4.69, 9.17) is 10.7 Å². The molecule has 0 amide bonds. The predicted molar refractivity (Wildman–Crippen MR) is 44.0 cm³/mol. The molecule has 0 radical (unpaired) electrons. The molecule has 0 aromatic carbocycles. The van der Waals surface area contributed by atoms with Crippen LogP contribution in [0.25, 0.3) is 0 Å². The van der Waals surface area contributed by atoms with Crippen LogP contribution in [0, 0.1) is 11.8 Å². The van der Waals surface area contributed by atoms with E-state index in [2.05, 4.69) is 0 Å². The third-order valence-electron chi connectivity index (χ3n) is 3.09. The van der Waals surface area contributed by atoms with Crippen LogP contribution in [0.5, 0.6) is 0 Å². The first-order valence-electron chi connectivity index (χ1n) is 4.02. The zero-order chi connectivity index (χ0) is 8.06. The lowest BCUT2D eigenvalue weighted by molar-refractivity contribution is 0.225. The minimum Gasteiger partial charge on any atom is -0.212 e. The number of halogens is 1. The summed E-state index contributed by atoms with van der Waals surface area (Å²) in [6.07, 6.45) is 4.30. The molecule has 0 aliphatic heterocycles. The van der Waals surface area contributed by atoms with Crippen molar-refractivity contribution in [3.63, 3.8) is 0 Å². The molecule has 0 bridgehead atoms. The number of hydrogen-bond donors (Lipinski definition) is 0. The second kappa shape index (κ2) is 2.36. The van der Waals surface area contributed by atoms with Crippen molar-refractivity contribution in [1.29, 1.82) is 0 Å². The highest BCUT2D eigenvalue weighted by atomic mass is 35.7. The van der Waals surface area contributed by atoms with Crippen LogP contribution in [0.2, 0.25) is 0 Å². The summed E-state index contributed by atoms with van der Waals surface area (Å²) in [5, 5.41) is -0.211. The Labute approximate surface area is 71.3 Å². The molecule has 4 heteroatoms. The highest BCUT2D eigenvalue weighted by Crippen LogP contribution is 2.50. The van der Waals surface area contributed by atoms with Gasteiger partial charge in [-0.15, -0.1) is 0 Å². The van der Waals surface area contributed by atoms with E-state index in [0.717, 1.165) is 12.8 Å². The van der Waals surface area contributed by atoms with Gasteiger partial charge in [-0.1, -0.05) is 12.8 Å². The number of fused-ring (bicyclic) bond motifs is 1. The summed E-state index contributed by atoms with van der Waals surface area (Å²) >= 11 is 0. The fraction of sp³-hybridized carbons (Fsp3) is 1.00. The van der Waals surface area contributed by atoms with Crippen molar-refractivity contribution in [2.45, 2.75) is 30.9 Å². The summed E-state index contributed by atoms with van der Waals surface area (Å²) in [7, 11) is 2.03. The SMILES string of the molecule is O=S(=O)(Cl)C1C[C@@H]2CCC[C@H]12. The summed E-state index contributed by atoms with van der Waals surface area (Å²) in [4.78, 5) is 0. The quantitative estimate of drug-likeness (QED) is 0.596. The molecular formula is C7H11ClO2S. The zero-order valence-corrected chi connectivity index (χ0v) is 7.74. The maximum Gasteiger partial charge on any atom is 0.235 e. The van der Waals surface area contributed by atoms with Crippen molar-refractivity contribution in [3.05, 3.63) is 0 Å². The van der Waals surface area contributed by atoms with Crippen molar-refractivity contribution in [2.75, 3.05) is 0 Å². The molecule has 1 unspecified atom stereocenters. The Kier molecular flexibility index (Phi) is 1.69. The molecule has 2 aliphatic rings. The Bertz CT molecular complexity index is 260. The van der Waals surface area contributed by atoms with Crippen LogP contribution in [0.3, 0.4) is 0 Å². The maximum absolute atomic E-state index is 10.9. The lowest BCUT2D eigenvalue weighted by Gasteiger charge is -2.37. The minimum atomic E-state index is -3.25. The Hall–Kier alpha value is 0.240. The van der Waals surface area contributed by atoms with E-state index in [1.807, 2.05) is 0 Å². The first kappa shape index (κ1) is 7.87. The van der Waals surface area contributed by atoms with Gasteiger partial charge in [-0.2, -0.15) is 0 Å². The van der Waals surface area contributed by atoms with Crippen molar-refractivity contribution in [2.24, 2.45) is 11.8 Å². The predicted octanol–water partition coefficient (Wildman–Crippen LogP) is 1.74. The van der Waals surface area contributed by atoms with Crippen molar-refractivity contribution in [1.82, 2.24) is 0 Å². The Morgan fingerprint density at radius 3 is 2.55 bits per heavy atom. The molecule has 0 aromatic heterocycles. The van der Waals surface area contributed by atoms with Crippen LogP contribution in [0.15, 0.2) is 0 Å². The average molecular weight is 195 g/mol. The van der Waals surface area contributed by atoms with Gasteiger partial charge in [0, 0.05) is 10.7 Å². The van der Waals surface area contributed by atoms with E-state index < -0.39 is 9.05 Å². The van der Waals surface area contributed by atoms with E-state index in [0.29, 0.717) is 11.8 Å². The summed E-state index contributed by atoms with van der Waals surface area (Å²) in [5.41, 5.74) is 0. The molecular weight excluding hydrogens is 184 g/mol. The largest absolute Gasteiger partial charge is 0.235 e. The lowest BCUT2D eigenvalue weighted by Crippen LogP contribution is -2.41. The van der Waals surface area contributed by atoms with E-state index in [1.165, 1.54) is 12.8 Å². The second-order valence-electron chi connectivity index (χ2n) is 3.60. The van der Waals surface area contributed by atoms with Crippen LogP contribution in [0.1, 0.15) is 25.7 Å². The molecule has 2 rings (SSSR count). The third-order valence-corrected chi connectivity index (χ3v) is 5.04. The normalized spacial score (nSPS) is 43.2. The first-order chi connectivity index (χ1) is 5.09. The van der Waals surface area contributed by atoms with Gasteiger partial charge in [0.15, 0.2) is 0 Å². The van der Waals surface area contributed by atoms with Gasteiger partial charge in [-0.3, -0.25) is 0 Å².